The maximum atomic E-state index is 12.5. The molecule has 1 saturated carbocycles. The fourth-order valence-corrected chi connectivity index (χ4v) is 3.75. The zero-order valence-electron chi connectivity index (χ0n) is 14.2. The third-order valence-electron chi connectivity index (χ3n) is 4.97. The number of hydrogen-bond donors (Lipinski definition) is 1. The molecule has 0 spiro atoms. The van der Waals surface area contributed by atoms with Gasteiger partial charge in [0.05, 0.1) is 6.04 Å². The number of anilines is 1. The van der Waals surface area contributed by atoms with E-state index in [1.807, 2.05) is 24.3 Å². The summed E-state index contributed by atoms with van der Waals surface area (Å²) in [6.07, 6.45) is 2.94. The van der Waals surface area contributed by atoms with E-state index < -0.39 is 0 Å². The monoisotopic (exact) mass is 314 g/mol. The summed E-state index contributed by atoms with van der Waals surface area (Å²) in [5.74, 6) is 1.64. The van der Waals surface area contributed by atoms with Crippen LogP contribution in [0.1, 0.15) is 51.6 Å². The highest BCUT2D eigenvalue weighted by molar-refractivity contribution is 5.93. The van der Waals surface area contributed by atoms with Gasteiger partial charge >= 0.3 is 0 Å². The molecule has 0 saturated heterocycles. The van der Waals surface area contributed by atoms with Crippen LogP contribution in [0.2, 0.25) is 0 Å². The molecule has 1 unspecified atom stereocenters. The molecule has 1 aromatic carbocycles. The zero-order valence-corrected chi connectivity index (χ0v) is 14.2. The van der Waals surface area contributed by atoms with Crippen molar-refractivity contribution in [2.75, 3.05) is 11.4 Å². The van der Waals surface area contributed by atoms with E-state index in [4.69, 9.17) is 0 Å². The highest BCUT2D eigenvalue weighted by Crippen LogP contribution is 2.44. The summed E-state index contributed by atoms with van der Waals surface area (Å²) in [6, 6.07) is 7.93. The molecule has 23 heavy (non-hydrogen) atoms. The van der Waals surface area contributed by atoms with Gasteiger partial charge in [-0.1, -0.05) is 32.0 Å². The lowest BCUT2D eigenvalue weighted by Gasteiger charge is -2.34. The van der Waals surface area contributed by atoms with E-state index in [1.165, 1.54) is 0 Å². The number of nitrogens with zero attached hydrogens (tertiary/aromatic N) is 1. The van der Waals surface area contributed by atoms with Crippen LogP contribution < -0.4 is 10.2 Å². The molecule has 3 atom stereocenters. The molecule has 0 aromatic heterocycles. The van der Waals surface area contributed by atoms with Gasteiger partial charge in [-0.2, -0.15) is 0 Å². The lowest BCUT2D eigenvalue weighted by molar-refractivity contribution is -0.123. The molecule has 4 heteroatoms. The number of carbonyl (C=O) groups excluding carboxylic acids is 2. The zero-order chi connectivity index (χ0) is 16.6. The van der Waals surface area contributed by atoms with Gasteiger partial charge in [0.15, 0.2) is 0 Å². The first-order chi connectivity index (χ1) is 11.0. The van der Waals surface area contributed by atoms with Crippen molar-refractivity contribution in [3.8, 4) is 0 Å². The fourth-order valence-electron chi connectivity index (χ4n) is 3.75. The van der Waals surface area contributed by atoms with Gasteiger partial charge in [-0.3, -0.25) is 9.59 Å². The minimum Gasteiger partial charge on any atom is -0.349 e. The second-order valence-corrected chi connectivity index (χ2v) is 7.31. The first-order valence-electron chi connectivity index (χ1n) is 8.64. The van der Waals surface area contributed by atoms with Crippen LogP contribution in [0, 0.1) is 17.8 Å². The van der Waals surface area contributed by atoms with Crippen LogP contribution in [0.25, 0.3) is 0 Å². The Kier molecular flexibility index (Phi) is 4.42. The Labute approximate surface area is 138 Å². The number of fused-ring (bicyclic) bond motifs is 1. The normalized spacial score (nSPS) is 25.9. The molecule has 2 amide bonds. The highest BCUT2D eigenvalue weighted by atomic mass is 16.2. The van der Waals surface area contributed by atoms with E-state index in [2.05, 4.69) is 19.2 Å². The summed E-state index contributed by atoms with van der Waals surface area (Å²) in [5.41, 5.74) is 1.99. The van der Waals surface area contributed by atoms with Crippen LogP contribution in [0.15, 0.2) is 24.3 Å². The van der Waals surface area contributed by atoms with Crippen molar-refractivity contribution in [2.24, 2.45) is 17.8 Å². The van der Waals surface area contributed by atoms with Crippen molar-refractivity contribution >= 4 is 17.5 Å². The highest BCUT2D eigenvalue weighted by Gasteiger charge is 2.43. The Balaban J connectivity index is 1.69. The summed E-state index contributed by atoms with van der Waals surface area (Å²) >= 11 is 0. The van der Waals surface area contributed by atoms with Gasteiger partial charge in [0, 0.05) is 25.1 Å². The van der Waals surface area contributed by atoms with E-state index >= 15 is 0 Å². The molecule has 1 aliphatic carbocycles. The van der Waals surface area contributed by atoms with Gasteiger partial charge < -0.3 is 10.2 Å². The van der Waals surface area contributed by atoms with E-state index in [0.29, 0.717) is 18.4 Å². The molecular formula is C19H26N2O2. The Morgan fingerprint density at radius 2 is 2.04 bits per heavy atom. The predicted octanol–water partition coefficient (Wildman–Crippen LogP) is 3.28. The third kappa shape index (κ3) is 3.41. The van der Waals surface area contributed by atoms with E-state index in [0.717, 1.165) is 30.5 Å². The molecular weight excluding hydrogens is 288 g/mol. The smallest absolute Gasteiger partial charge is 0.223 e. The molecule has 1 N–H and O–H groups in total. The predicted molar refractivity (Wildman–Crippen MR) is 91.0 cm³/mol. The summed E-state index contributed by atoms with van der Waals surface area (Å²) in [6.45, 7) is 6.68. The van der Waals surface area contributed by atoms with Gasteiger partial charge in [-0.25, -0.2) is 0 Å². The number of carbonyl (C=O) groups is 2. The SMILES string of the molecule is CC(=O)N1CCC(NC(=O)[C@@H]2C[C@H]2CC(C)C)c2ccccc21. The van der Waals surface area contributed by atoms with Crippen molar-refractivity contribution < 1.29 is 9.59 Å². The fraction of sp³-hybridized carbons (Fsp3) is 0.579. The molecule has 1 heterocycles. The van der Waals surface area contributed by atoms with Crippen LogP contribution in [0.4, 0.5) is 5.69 Å². The molecule has 1 aromatic rings. The van der Waals surface area contributed by atoms with Crippen LogP contribution in [-0.4, -0.2) is 18.4 Å². The molecule has 124 valence electrons. The lowest BCUT2D eigenvalue weighted by Crippen LogP contribution is -2.40. The van der Waals surface area contributed by atoms with Gasteiger partial charge in [-0.05, 0) is 42.7 Å². The number of amides is 2. The average molecular weight is 314 g/mol. The summed E-state index contributed by atoms with van der Waals surface area (Å²) in [5, 5.41) is 3.22. The first-order valence-corrected chi connectivity index (χ1v) is 8.64. The van der Waals surface area contributed by atoms with Crippen LogP contribution in [0.3, 0.4) is 0 Å². The molecule has 2 aliphatic rings. The van der Waals surface area contributed by atoms with E-state index in [9.17, 15) is 9.59 Å². The number of benzene rings is 1. The van der Waals surface area contributed by atoms with Crippen molar-refractivity contribution in [1.82, 2.24) is 5.32 Å². The second kappa shape index (κ2) is 6.34. The van der Waals surface area contributed by atoms with Gasteiger partial charge in [0.2, 0.25) is 11.8 Å². The summed E-state index contributed by atoms with van der Waals surface area (Å²) < 4.78 is 0. The Bertz CT molecular complexity index is 611. The number of rotatable bonds is 4. The molecule has 0 radical (unpaired) electrons. The quantitative estimate of drug-likeness (QED) is 0.927. The molecule has 4 nitrogen and oxygen atoms in total. The lowest BCUT2D eigenvalue weighted by atomic mass is 9.96. The van der Waals surface area contributed by atoms with E-state index in [-0.39, 0.29) is 23.8 Å². The van der Waals surface area contributed by atoms with Crippen LogP contribution >= 0.6 is 0 Å². The Morgan fingerprint density at radius 3 is 2.74 bits per heavy atom. The molecule has 0 bridgehead atoms. The van der Waals surface area contributed by atoms with Gasteiger partial charge in [0.1, 0.15) is 0 Å². The van der Waals surface area contributed by atoms with E-state index in [1.54, 1.807) is 11.8 Å². The Morgan fingerprint density at radius 1 is 1.30 bits per heavy atom. The number of nitrogens with one attached hydrogen (secondary N) is 1. The minimum absolute atomic E-state index is 0.0228. The maximum absolute atomic E-state index is 12.5. The van der Waals surface area contributed by atoms with Crippen LogP contribution in [-0.2, 0) is 9.59 Å². The third-order valence-corrected chi connectivity index (χ3v) is 4.97. The van der Waals surface area contributed by atoms with Crippen molar-refractivity contribution in [1.29, 1.82) is 0 Å². The topological polar surface area (TPSA) is 49.4 Å². The summed E-state index contributed by atoms with van der Waals surface area (Å²) in [7, 11) is 0. The number of hydrogen-bond acceptors (Lipinski definition) is 2. The minimum atomic E-state index is 0.0228. The summed E-state index contributed by atoms with van der Waals surface area (Å²) in [4.78, 5) is 26.1. The van der Waals surface area contributed by atoms with Crippen molar-refractivity contribution in [3.63, 3.8) is 0 Å². The van der Waals surface area contributed by atoms with Gasteiger partial charge in [-0.15, -0.1) is 0 Å². The maximum Gasteiger partial charge on any atom is 0.223 e. The molecule has 1 aliphatic heterocycles. The van der Waals surface area contributed by atoms with Crippen LogP contribution in [0.5, 0.6) is 0 Å². The number of para-hydroxylation sites is 1. The van der Waals surface area contributed by atoms with Crippen molar-refractivity contribution in [2.45, 2.75) is 46.1 Å². The second-order valence-electron chi connectivity index (χ2n) is 7.31. The van der Waals surface area contributed by atoms with Gasteiger partial charge in [0.25, 0.3) is 0 Å². The molecule has 3 rings (SSSR count). The van der Waals surface area contributed by atoms with Crippen molar-refractivity contribution in [3.05, 3.63) is 29.8 Å². The Hall–Kier alpha value is -1.84. The molecule has 1 fully saturated rings. The largest absolute Gasteiger partial charge is 0.349 e. The first kappa shape index (κ1) is 16.0. The average Bonchev–Trinajstić information content (AvgIpc) is 3.25. The standard InChI is InChI=1S/C19H26N2O2/c1-12(2)10-14-11-16(14)19(23)20-17-8-9-21(13(3)22)18-7-5-4-6-15(17)18/h4-7,12,14,16-17H,8-11H2,1-3H3,(H,20,23)/t14-,16-,17?/m1/s1.